The van der Waals surface area contributed by atoms with Gasteiger partial charge in [-0.2, -0.15) is 0 Å². The number of benzene rings is 1. The summed E-state index contributed by atoms with van der Waals surface area (Å²) in [5.41, 5.74) is -0.123. The van der Waals surface area contributed by atoms with Gasteiger partial charge in [0, 0.05) is 16.5 Å². The first kappa shape index (κ1) is 14.3. The molecule has 2 nitrogen and oxygen atoms in total. The van der Waals surface area contributed by atoms with E-state index in [2.05, 4.69) is 27.9 Å². The maximum atomic E-state index is 13.4. The van der Waals surface area contributed by atoms with Gasteiger partial charge in [0.2, 0.25) is 0 Å². The molecule has 5 heteroatoms. The van der Waals surface area contributed by atoms with Gasteiger partial charge in [-0.1, -0.05) is 36.4 Å². The molecule has 0 fully saturated rings. The summed E-state index contributed by atoms with van der Waals surface area (Å²) in [5, 5.41) is 2.73. The van der Waals surface area contributed by atoms with Crippen molar-refractivity contribution < 1.29 is 13.6 Å². The number of carbonyl (C=O) groups excluding carboxylic acids is 1. The number of hydrogen-bond donors (Lipinski definition) is 1. The van der Waals surface area contributed by atoms with E-state index in [-0.39, 0.29) is 17.5 Å². The molecule has 0 aromatic heterocycles. The van der Waals surface area contributed by atoms with Crippen molar-refractivity contribution in [2.45, 2.75) is 19.9 Å². The molecule has 1 atom stereocenters. The van der Waals surface area contributed by atoms with Crippen molar-refractivity contribution in [2.75, 3.05) is 4.43 Å². The fourth-order valence-corrected chi connectivity index (χ4v) is 2.54. The molecular formula is C12H14F2INO. The van der Waals surface area contributed by atoms with Gasteiger partial charge in [0.1, 0.15) is 11.6 Å². The zero-order valence-corrected chi connectivity index (χ0v) is 11.8. The van der Waals surface area contributed by atoms with Crippen LogP contribution in [0.25, 0.3) is 0 Å². The monoisotopic (exact) mass is 353 g/mol. The van der Waals surface area contributed by atoms with Crippen molar-refractivity contribution in [3.05, 3.63) is 35.4 Å². The highest BCUT2D eigenvalue weighted by Gasteiger charge is 2.18. The summed E-state index contributed by atoms with van der Waals surface area (Å²) in [7, 11) is 0. The van der Waals surface area contributed by atoms with Crippen LogP contribution in [-0.4, -0.2) is 16.4 Å². The third-order valence-corrected chi connectivity index (χ3v) is 3.41. The van der Waals surface area contributed by atoms with Crippen molar-refractivity contribution in [2.24, 2.45) is 5.92 Å². The Kier molecular flexibility index (Phi) is 5.30. The highest BCUT2D eigenvalue weighted by Crippen LogP contribution is 2.11. The van der Waals surface area contributed by atoms with Crippen LogP contribution in [0.3, 0.4) is 0 Å². The van der Waals surface area contributed by atoms with E-state index in [1.807, 2.05) is 13.8 Å². The molecule has 1 rings (SSSR count). The van der Waals surface area contributed by atoms with Gasteiger partial charge in [-0.15, -0.1) is 0 Å². The largest absolute Gasteiger partial charge is 0.348 e. The molecule has 1 aromatic carbocycles. The van der Waals surface area contributed by atoms with Crippen molar-refractivity contribution in [1.82, 2.24) is 5.32 Å². The van der Waals surface area contributed by atoms with Crippen LogP contribution in [0.2, 0.25) is 0 Å². The van der Waals surface area contributed by atoms with Gasteiger partial charge in [-0.05, 0) is 18.1 Å². The molecule has 17 heavy (non-hydrogen) atoms. The lowest BCUT2D eigenvalue weighted by Gasteiger charge is -2.20. The normalized spacial score (nSPS) is 12.6. The van der Waals surface area contributed by atoms with E-state index in [0.717, 1.165) is 16.6 Å². The predicted molar refractivity (Wildman–Crippen MR) is 71.3 cm³/mol. The maximum absolute atomic E-state index is 13.4. The molecule has 0 aliphatic rings. The number of halogens is 3. The molecule has 1 aromatic rings. The zero-order valence-electron chi connectivity index (χ0n) is 9.64. The Hall–Kier alpha value is -0.720. The molecule has 94 valence electrons. The summed E-state index contributed by atoms with van der Waals surface area (Å²) in [6, 6.07) is 2.92. The second-order valence-electron chi connectivity index (χ2n) is 4.10. The second kappa shape index (κ2) is 6.28. The summed E-state index contributed by atoms with van der Waals surface area (Å²) in [6.45, 7) is 3.95. The van der Waals surface area contributed by atoms with Gasteiger partial charge >= 0.3 is 0 Å². The first-order valence-electron chi connectivity index (χ1n) is 5.27. The lowest BCUT2D eigenvalue weighted by atomic mass is 10.1. The molecule has 0 saturated heterocycles. The number of amides is 1. The molecule has 0 heterocycles. The summed E-state index contributed by atoms with van der Waals surface area (Å²) in [5.74, 6) is -1.76. The summed E-state index contributed by atoms with van der Waals surface area (Å²) >= 11 is 2.16. The van der Waals surface area contributed by atoms with Gasteiger partial charge < -0.3 is 5.32 Å². The average Bonchev–Trinajstić information content (AvgIpc) is 2.24. The number of nitrogens with one attached hydrogen (secondary N) is 1. The van der Waals surface area contributed by atoms with Crippen LogP contribution in [-0.2, 0) is 0 Å². The molecule has 0 bridgehead atoms. The Morgan fingerprint density at radius 2 is 2.06 bits per heavy atom. The molecule has 0 spiro atoms. The Morgan fingerprint density at radius 3 is 2.53 bits per heavy atom. The van der Waals surface area contributed by atoms with E-state index >= 15 is 0 Å². The summed E-state index contributed by atoms with van der Waals surface area (Å²) in [4.78, 5) is 11.8. The van der Waals surface area contributed by atoms with Crippen molar-refractivity contribution in [3.8, 4) is 0 Å². The van der Waals surface area contributed by atoms with Crippen molar-refractivity contribution in [1.29, 1.82) is 0 Å². The Morgan fingerprint density at radius 1 is 1.41 bits per heavy atom. The molecule has 0 aliphatic carbocycles. The number of rotatable bonds is 4. The van der Waals surface area contributed by atoms with Crippen molar-refractivity contribution in [3.63, 3.8) is 0 Å². The van der Waals surface area contributed by atoms with Crippen LogP contribution >= 0.6 is 22.6 Å². The molecule has 1 amide bonds. The van der Waals surface area contributed by atoms with Crippen LogP contribution in [0.15, 0.2) is 18.2 Å². The minimum atomic E-state index is -0.835. The smallest absolute Gasteiger partial charge is 0.254 e. The number of hydrogen-bond acceptors (Lipinski definition) is 1. The average molecular weight is 353 g/mol. The van der Waals surface area contributed by atoms with Crippen LogP contribution in [0, 0.1) is 17.6 Å². The quantitative estimate of drug-likeness (QED) is 0.654. The van der Waals surface area contributed by atoms with E-state index in [1.54, 1.807) is 0 Å². The minimum absolute atomic E-state index is 0.0208. The molecule has 0 aliphatic heterocycles. The summed E-state index contributed by atoms with van der Waals surface area (Å²) in [6.07, 6.45) is 0. The van der Waals surface area contributed by atoms with Crippen LogP contribution < -0.4 is 5.32 Å². The van der Waals surface area contributed by atoms with E-state index in [4.69, 9.17) is 0 Å². The topological polar surface area (TPSA) is 29.1 Å². The van der Waals surface area contributed by atoms with Crippen LogP contribution in [0.1, 0.15) is 24.2 Å². The highest BCUT2D eigenvalue weighted by atomic mass is 127. The van der Waals surface area contributed by atoms with Crippen LogP contribution in [0.4, 0.5) is 8.78 Å². The van der Waals surface area contributed by atoms with E-state index in [9.17, 15) is 13.6 Å². The minimum Gasteiger partial charge on any atom is -0.348 e. The maximum Gasteiger partial charge on any atom is 0.254 e. The Balaban J connectivity index is 2.82. The van der Waals surface area contributed by atoms with Gasteiger partial charge in [-0.25, -0.2) is 8.78 Å². The Labute approximate surface area is 113 Å². The summed E-state index contributed by atoms with van der Waals surface area (Å²) < 4.78 is 26.8. The lowest BCUT2D eigenvalue weighted by Crippen LogP contribution is -2.40. The molecule has 1 N–H and O–H groups in total. The highest BCUT2D eigenvalue weighted by molar-refractivity contribution is 14.1. The molecular weight excluding hydrogens is 339 g/mol. The van der Waals surface area contributed by atoms with Crippen LogP contribution in [0.5, 0.6) is 0 Å². The molecule has 0 saturated carbocycles. The standard InChI is InChI=1S/C12H14F2INO/c1-7(2)11(6-15)16-12(17)9-4-3-8(13)5-10(9)14/h3-5,7,11H,6H2,1-2H3,(H,16,17). The zero-order chi connectivity index (χ0) is 13.0. The third-order valence-electron chi connectivity index (χ3n) is 2.46. The first-order chi connectivity index (χ1) is 7.95. The first-order valence-corrected chi connectivity index (χ1v) is 6.80. The van der Waals surface area contributed by atoms with Gasteiger partial charge in [0.05, 0.1) is 5.56 Å². The van der Waals surface area contributed by atoms with Gasteiger partial charge in [0.15, 0.2) is 0 Å². The van der Waals surface area contributed by atoms with E-state index < -0.39 is 17.5 Å². The number of alkyl halides is 1. The Bertz CT molecular complexity index is 409. The van der Waals surface area contributed by atoms with Gasteiger partial charge in [0.25, 0.3) is 5.91 Å². The SMILES string of the molecule is CC(C)C(CI)NC(=O)c1ccc(F)cc1F. The second-order valence-corrected chi connectivity index (χ2v) is 4.98. The lowest BCUT2D eigenvalue weighted by molar-refractivity contribution is 0.0928. The van der Waals surface area contributed by atoms with Crippen molar-refractivity contribution >= 4 is 28.5 Å². The molecule has 1 unspecified atom stereocenters. The van der Waals surface area contributed by atoms with E-state index in [1.165, 1.54) is 0 Å². The third kappa shape index (κ3) is 3.90. The van der Waals surface area contributed by atoms with E-state index in [0.29, 0.717) is 6.07 Å². The molecule has 0 radical (unpaired) electrons. The number of carbonyl (C=O) groups is 1. The fourth-order valence-electron chi connectivity index (χ4n) is 1.30. The predicted octanol–water partition coefficient (Wildman–Crippen LogP) is 3.15. The van der Waals surface area contributed by atoms with Gasteiger partial charge in [-0.3, -0.25) is 4.79 Å². The fraction of sp³-hybridized carbons (Fsp3) is 0.417.